The van der Waals surface area contributed by atoms with Gasteiger partial charge >= 0.3 is 0 Å². The van der Waals surface area contributed by atoms with Crippen LogP contribution >= 0.6 is 0 Å². The van der Waals surface area contributed by atoms with Crippen molar-refractivity contribution in [1.82, 2.24) is 19.6 Å². The highest BCUT2D eigenvalue weighted by Crippen LogP contribution is 2.27. The molecule has 0 saturated carbocycles. The normalized spacial score (nSPS) is 15.8. The highest BCUT2D eigenvalue weighted by Gasteiger charge is 2.33. The molecule has 0 bridgehead atoms. The van der Waals surface area contributed by atoms with Gasteiger partial charge in [-0.15, -0.1) is 0 Å². The zero-order chi connectivity index (χ0) is 20.8. The molecule has 1 aromatic carbocycles. The highest BCUT2D eigenvalue weighted by molar-refractivity contribution is 7.89. The summed E-state index contributed by atoms with van der Waals surface area (Å²) in [6.07, 6.45) is 1.68. The Labute approximate surface area is 169 Å². The van der Waals surface area contributed by atoms with Crippen molar-refractivity contribution < 1.29 is 17.6 Å². The third-order valence-electron chi connectivity index (χ3n) is 5.19. The third kappa shape index (κ3) is 3.56. The van der Waals surface area contributed by atoms with Crippen LogP contribution in [-0.2, 0) is 15.6 Å². The predicted molar refractivity (Wildman–Crippen MR) is 108 cm³/mol. The standard InChI is InChI=1S/C20H24N4O4S/c1-13-17(29(26,27)24-10-6-7-11-24)12-16(28-13)18(25)23-20(2,3)19-21-14-8-4-5-9-15(14)22-19/h4-5,8-9,12H,6-7,10-11H2,1-3H3,(H,21,22)(H,23,25). The molecule has 1 fully saturated rings. The summed E-state index contributed by atoms with van der Waals surface area (Å²) in [6, 6.07) is 8.91. The second-order valence-electron chi connectivity index (χ2n) is 7.82. The molecular formula is C20H24N4O4S. The van der Waals surface area contributed by atoms with Crippen molar-refractivity contribution in [3.8, 4) is 0 Å². The number of nitrogens with zero attached hydrogens (tertiary/aromatic N) is 2. The van der Waals surface area contributed by atoms with E-state index in [9.17, 15) is 13.2 Å². The minimum Gasteiger partial charge on any atom is -0.455 e. The first kappa shape index (κ1) is 19.7. The van der Waals surface area contributed by atoms with Gasteiger partial charge in [0.2, 0.25) is 10.0 Å². The van der Waals surface area contributed by atoms with E-state index in [1.807, 2.05) is 38.1 Å². The average Bonchev–Trinajstić information content (AvgIpc) is 3.40. The minimum atomic E-state index is -3.65. The van der Waals surface area contributed by atoms with Gasteiger partial charge in [-0.3, -0.25) is 4.79 Å². The van der Waals surface area contributed by atoms with Gasteiger partial charge in [-0.25, -0.2) is 13.4 Å². The molecule has 29 heavy (non-hydrogen) atoms. The lowest BCUT2D eigenvalue weighted by molar-refractivity contribution is 0.0879. The van der Waals surface area contributed by atoms with Gasteiger partial charge < -0.3 is 14.7 Å². The van der Waals surface area contributed by atoms with E-state index in [0.29, 0.717) is 18.9 Å². The molecule has 1 aliphatic rings. The number of hydrogen-bond donors (Lipinski definition) is 2. The number of aryl methyl sites for hydroxylation is 1. The molecule has 9 heteroatoms. The SMILES string of the molecule is Cc1oc(C(=O)NC(C)(C)c2nc3ccccc3[nH]2)cc1S(=O)(=O)N1CCCC1. The average molecular weight is 417 g/mol. The van der Waals surface area contributed by atoms with Gasteiger partial charge in [0.1, 0.15) is 16.5 Å². The molecule has 0 atom stereocenters. The Morgan fingerprint density at radius 2 is 1.93 bits per heavy atom. The number of benzene rings is 1. The Hall–Kier alpha value is -2.65. The number of imidazole rings is 1. The topological polar surface area (TPSA) is 108 Å². The Morgan fingerprint density at radius 3 is 2.62 bits per heavy atom. The van der Waals surface area contributed by atoms with E-state index in [2.05, 4.69) is 15.3 Å². The zero-order valence-electron chi connectivity index (χ0n) is 16.7. The van der Waals surface area contributed by atoms with Crippen LogP contribution in [0.5, 0.6) is 0 Å². The highest BCUT2D eigenvalue weighted by atomic mass is 32.2. The number of aromatic nitrogens is 2. The van der Waals surface area contributed by atoms with Gasteiger partial charge in [0.05, 0.1) is 16.6 Å². The van der Waals surface area contributed by atoms with Crippen LogP contribution < -0.4 is 5.32 Å². The molecule has 8 nitrogen and oxygen atoms in total. The summed E-state index contributed by atoms with van der Waals surface area (Å²) in [5.41, 5.74) is 0.862. The van der Waals surface area contributed by atoms with Gasteiger partial charge in [-0.1, -0.05) is 12.1 Å². The van der Waals surface area contributed by atoms with E-state index >= 15 is 0 Å². The number of sulfonamides is 1. The first-order valence-electron chi connectivity index (χ1n) is 9.57. The number of carbonyl (C=O) groups is 1. The van der Waals surface area contributed by atoms with Crippen molar-refractivity contribution in [3.63, 3.8) is 0 Å². The lowest BCUT2D eigenvalue weighted by Crippen LogP contribution is -2.41. The quantitative estimate of drug-likeness (QED) is 0.665. The fourth-order valence-corrected chi connectivity index (χ4v) is 5.23. The Bertz CT molecular complexity index is 1140. The van der Waals surface area contributed by atoms with E-state index in [1.54, 1.807) is 6.92 Å². The van der Waals surface area contributed by atoms with Crippen LogP contribution in [0.25, 0.3) is 11.0 Å². The fraction of sp³-hybridized carbons (Fsp3) is 0.400. The van der Waals surface area contributed by atoms with Crippen LogP contribution in [-0.4, -0.2) is 41.7 Å². The number of H-pyrrole nitrogens is 1. The first-order valence-corrected chi connectivity index (χ1v) is 11.0. The van der Waals surface area contributed by atoms with Crippen molar-refractivity contribution in [1.29, 1.82) is 0 Å². The summed E-state index contributed by atoms with van der Waals surface area (Å²) in [4.78, 5) is 20.6. The summed E-state index contributed by atoms with van der Waals surface area (Å²) >= 11 is 0. The number of hydrogen-bond acceptors (Lipinski definition) is 5. The smallest absolute Gasteiger partial charge is 0.287 e. The maximum Gasteiger partial charge on any atom is 0.287 e. The van der Waals surface area contributed by atoms with Gasteiger partial charge in [0.25, 0.3) is 5.91 Å². The van der Waals surface area contributed by atoms with Crippen LogP contribution in [0.15, 0.2) is 39.6 Å². The molecule has 3 heterocycles. The lowest BCUT2D eigenvalue weighted by Gasteiger charge is -2.23. The number of fused-ring (bicyclic) bond motifs is 1. The largest absolute Gasteiger partial charge is 0.455 e. The van der Waals surface area contributed by atoms with Gasteiger partial charge in [-0.05, 0) is 45.7 Å². The Kier molecular flexibility index (Phi) is 4.74. The van der Waals surface area contributed by atoms with Crippen LogP contribution in [0.2, 0.25) is 0 Å². The number of rotatable bonds is 5. The van der Waals surface area contributed by atoms with Gasteiger partial charge in [-0.2, -0.15) is 4.31 Å². The van der Waals surface area contributed by atoms with E-state index in [-0.39, 0.29) is 16.4 Å². The van der Waals surface area contributed by atoms with Crippen LogP contribution in [0.4, 0.5) is 0 Å². The molecule has 2 aromatic heterocycles. The van der Waals surface area contributed by atoms with Crippen molar-refractivity contribution in [2.24, 2.45) is 0 Å². The lowest BCUT2D eigenvalue weighted by atomic mass is 10.0. The molecule has 0 spiro atoms. The van der Waals surface area contributed by atoms with Crippen LogP contribution in [0, 0.1) is 6.92 Å². The minimum absolute atomic E-state index is 0.0375. The summed E-state index contributed by atoms with van der Waals surface area (Å²) in [7, 11) is -3.65. The Morgan fingerprint density at radius 1 is 1.24 bits per heavy atom. The molecular weight excluding hydrogens is 392 g/mol. The van der Waals surface area contributed by atoms with Gasteiger partial charge in [0.15, 0.2) is 5.76 Å². The van der Waals surface area contributed by atoms with Gasteiger partial charge in [0, 0.05) is 19.2 Å². The van der Waals surface area contributed by atoms with E-state index in [0.717, 1.165) is 23.9 Å². The maximum absolute atomic E-state index is 12.8. The van der Waals surface area contributed by atoms with Crippen molar-refractivity contribution in [3.05, 3.63) is 47.7 Å². The molecule has 1 saturated heterocycles. The van der Waals surface area contributed by atoms with E-state index in [1.165, 1.54) is 10.4 Å². The second kappa shape index (κ2) is 7.00. The number of amides is 1. The fourth-order valence-electron chi connectivity index (χ4n) is 3.55. The van der Waals surface area contributed by atoms with Crippen molar-refractivity contribution in [2.75, 3.05) is 13.1 Å². The number of aromatic amines is 1. The monoisotopic (exact) mass is 416 g/mol. The molecule has 3 aromatic rings. The maximum atomic E-state index is 12.8. The molecule has 1 amide bonds. The molecule has 0 aliphatic carbocycles. The molecule has 1 aliphatic heterocycles. The summed E-state index contributed by atoms with van der Waals surface area (Å²) in [5, 5.41) is 2.88. The summed E-state index contributed by atoms with van der Waals surface area (Å²) in [5.74, 6) is 0.273. The second-order valence-corrected chi connectivity index (χ2v) is 9.73. The number of nitrogens with one attached hydrogen (secondary N) is 2. The summed E-state index contributed by atoms with van der Waals surface area (Å²) in [6.45, 7) is 6.19. The number of para-hydroxylation sites is 2. The molecule has 0 unspecified atom stereocenters. The van der Waals surface area contributed by atoms with E-state index in [4.69, 9.17) is 4.42 Å². The van der Waals surface area contributed by atoms with E-state index < -0.39 is 21.5 Å². The molecule has 2 N–H and O–H groups in total. The third-order valence-corrected chi connectivity index (χ3v) is 7.19. The number of furan rings is 1. The van der Waals surface area contributed by atoms with Crippen molar-refractivity contribution >= 4 is 27.0 Å². The molecule has 154 valence electrons. The molecule has 4 rings (SSSR count). The Balaban J connectivity index is 1.58. The first-order chi connectivity index (χ1) is 13.7. The molecule has 0 radical (unpaired) electrons. The van der Waals surface area contributed by atoms with Crippen LogP contribution in [0.1, 0.15) is 48.8 Å². The van der Waals surface area contributed by atoms with Crippen molar-refractivity contribution in [2.45, 2.75) is 44.0 Å². The number of carbonyl (C=O) groups excluding carboxylic acids is 1. The summed E-state index contributed by atoms with van der Waals surface area (Å²) < 4.78 is 32.6. The predicted octanol–water partition coefficient (Wildman–Crippen LogP) is 2.91. The van der Waals surface area contributed by atoms with Crippen LogP contribution in [0.3, 0.4) is 0 Å². The zero-order valence-corrected chi connectivity index (χ0v) is 17.5.